The number of aromatic nitrogens is 2. The Morgan fingerprint density at radius 2 is 1.78 bits per heavy atom. The summed E-state index contributed by atoms with van der Waals surface area (Å²) in [5.74, 6) is -0.664. The van der Waals surface area contributed by atoms with Gasteiger partial charge in [0.2, 0.25) is 5.88 Å². The summed E-state index contributed by atoms with van der Waals surface area (Å²) in [4.78, 5) is 24.3. The summed E-state index contributed by atoms with van der Waals surface area (Å²) < 4.78 is 41.9. The zero-order valence-electron chi connectivity index (χ0n) is 14.5. The number of ether oxygens (including phenoxy) is 1. The summed E-state index contributed by atoms with van der Waals surface area (Å²) in [6, 6.07) is 6.83. The van der Waals surface area contributed by atoms with Crippen LogP contribution in [0.1, 0.15) is 15.9 Å². The van der Waals surface area contributed by atoms with Crippen molar-refractivity contribution in [1.82, 2.24) is 19.8 Å². The van der Waals surface area contributed by atoms with Gasteiger partial charge in [-0.3, -0.25) is 14.7 Å². The average Bonchev–Trinajstić information content (AvgIpc) is 2.67. The highest BCUT2D eigenvalue weighted by Gasteiger charge is 2.30. The maximum absolute atomic E-state index is 12.7. The SMILES string of the molecule is O=C(c1cccnc1OCC(F)(F)F)N1CCN(Cc2ccncc2)CC1. The highest BCUT2D eigenvalue weighted by molar-refractivity contribution is 5.96. The zero-order chi connectivity index (χ0) is 19.3. The minimum atomic E-state index is -4.49. The molecular formula is C18H19F3N4O2. The van der Waals surface area contributed by atoms with Crippen molar-refractivity contribution in [2.24, 2.45) is 0 Å². The minimum Gasteiger partial charge on any atom is -0.467 e. The van der Waals surface area contributed by atoms with E-state index in [1.54, 1.807) is 17.3 Å². The smallest absolute Gasteiger partial charge is 0.422 e. The number of hydrogen-bond donors (Lipinski definition) is 0. The number of nitrogens with zero attached hydrogens (tertiary/aromatic N) is 4. The molecule has 0 saturated carbocycles. The van der Waals surface area contributed by atoms with Gasteiger partial charge in [0.05, 0.1) is 0 Å². The highest BCUT2D eigenvalue weighted by Crippen LogP contribution is 2.22. The van der Waals surface area contributed by atoms with Crippen LogP contribution in [0.15, 0.2) is 42.9 Å². The van der Waals surface area contributed by atoms with Crippen molar-refractivity contribution >= 4 is 5.91 Å². The van der Waals surface area contributed by atoms with E-state index in [-0.39, 0.29) is 17.4 Å². The van der Waals surface area contributed by atoms with Crippen molar-refractivity contribution < 1.29 is 22.7 Å². The van der Waals surface area contributed by atoms with E-state index in [4.69, 9.17) is 4.74 Å². The van der Waals surface area contributed by atoms with E-state index >= 15 is 0 Å². The second kappa shape index (κ2) is 8.34. The molecule has 9 heteroatoms. The summed E-state index contributed by atoms with van der Waals surface area (Å²) in [7, 11) is 0. The number of alkyl halides is 3. The number of rotatable bonds is 5. The third-order valence-electron chi connectivity index (χ3n) is 4.19. The first-order valence-electron chi connectivity index (χ1n) is 8.47. The topological polar surface area (TPSA) is 58.6 Å². The molecule has 2 aromatic heterocycles. The lowest BCUT2D eigenvalue weighted by Gasteiger charge is -2.34. The second-order valence-corrected chi connectivity index (χ2v) is 6.18. The Hall–Kier alpha value is -2.68. The zero-order valence-corrected chi connectivity index (χ0v) is 14.5. The van der Waals surface area contributed by atoms with Gasteiger partial charge in [-0.25, -0.2) is 4.98 Å². The van der Waals surface area contributed by atoms with Crippen LogP contribution in [0, 0.1) is 0 Å². The van der Waals surface area contributed by atoms with Crippen molar-refractivity contribution in [1.29, 1.82) is 0 Å². The number of hydrogen-bond acceptors (Lipinski definition) is 5. The Bertz CT molecular complexity index is 763. The molecule has 1 fully saturated rings. The van der Waals surface area contributed by atoms with Crippen LogP contribution < -0.4 is 4.74 Å². The van der Waals surface area contributed by atoms with E-state index in [2.05, 4.69) is 14.9 Å². The molecule has 6 nitrogen and oxygen atoms in total. The molecule has 0 radical (unpaired) electrons. The molecule has 1 amide bonds. The fourth-order valence-electron chi connectivity index (χ4n) is 2.84. The summed E-state index contributed by atoms with van der Waals surface area (Å²) in [5.41, 5.74) is 1.18. The van der Waals surface area contributed by atoms with E-state index in [9.17, 15) is 18.0 Å². The molecular weight excluding hydrogens is 361 g/mol. The third-order valence-corrected chi connectivity index (χ3v) is 4.19. The van der Waals surface area contributed by atoms with Crippen LogP contribution in [-0.2, 0) is 6.54 Å². The highest BCUT2D eigenvalue weighted by atomic mass is 19.4. The Kier molecular flexibility index (Phi) is 5.90. The molecule has 1 saturated heterocycles. The average molecular weight is 380 g/mol. The van der Waals surface area contributed by atoms with Crippen molar-refractivity contribution in [2.45, 2.75) is 12.7 Å². The lowest BCUT2D eigenvalue weighted by Crippen LogP contribution is -2.48. The van der Waals surface area contributed by atoms with Gasteiger partial charge in [0.15, 0.2) is 6.61 Å². The third kappa shape index (κ3) is 5.40. The maximum Gasteiger partial charge on any atom is 0.422 e. The van der Waals surface area contributed by atoms with Gasteiger partial charge >= 0.3 is 6.18 Å². The molecule has 1 aliphatic rings. The first-order valence-corrected chi connectivity index (χ1v) is 8.47. The van der Waals surface area contributed by atoms with Crippen LogP contribution >= 0.6 is 0 Å². The molecule has 27 heavy (non-hydrogen) atoms. The molecule has 0 unspecified atom stereocenters. The number of amides is 1. The normalized spacial score (nSPS) is 15.6. The maximum atomic E-state index is 12.7. The summed E-state index contributed by atoms with van der Waals surface area (Å²) in [6.07, 6.45) is 0.283. The van der Waals surface area contributed by atoms with Crippen LogP contribution in [0.4, 0.5) is 13.2 Å². The minimum absolute atomic E-state index is 0.0457. The molecule has 0 spiro atoms. The fraction of sp³-hybridized carbons (Fsp3) is 0.389. The Balaban J connectivity index is 1.59. The molecule has 1 aliphatic heterocycles. The first kappa shape index (κ1) is 19.1. The molecule has 0 atom stereocenters. The van der Waals surface area contributed by atoms with Gasteiger partial charge in [0.1, 0.15) is 5.56 Å². The van der Waals surface area contributed by atoms with Crippen LogP contribution in [0.25, 0.3) is 0 Å². The molecule has 3 rings (SSSR count). The van der Waals surface area contributed by atoms with Gasteiger partial charge in [-0.1, -0.05) is 0 Å². The Morgan fingerprint density at radius 1 is 1.07 bits per heavy atom. The number of carbonyl (C=O) groups excluding carboxylic acids is 1. The van der Waals surface area contributed by atoms with Crippen molar-refractivity contribution in [2.75, 3.05) is 32.8 Å². The molecule has 0 bridgehead atoms. The second-order valence-electron chi connectivity index (χ2n) is 6.18. The van der Waals surface area contributed by atoms with Crippen molar-refractivity contribution in [3.05, 3.63) is 54.0 Å². The number of halogens is 3. The molecule has 144 valence electrons. The van der Waals surface area contributed by atoms with Crippen LogP contribution in [-0.4, -0.2) is 64.6 Å². The lowest BCUT2D eigenvalue weighted by molar-refractivity contribution is -0.154. The van der Waals surface area contributed by atoms with Gasteiger partial charge < -0.3 is 9.64 Å². The van der Waals surface area contributed by atoms with E-state index in [1.807, 2.05) is 12.1 Å². The van der Waals surface area contributed by atoms with Gasteiger partial charge in [0.25, 0.3) is 5.91 Å². The van der Waals surface area contributed by atoms with Crippen LogP contribution in [0.2, 0.25) is 0 Å². The van der Waals surface area contributed by atoms with Crippen molar-refractivity contribution in [3.8, 4) is 5.88 Å². The molecule has 0 N–H and O–H groups in total. The van der Waals surface area contributed by atoms with Crippen molar-refractivity contribution in [3.63, 3.8) is 0 Å². The molecule has 2 aromatic rings. The van der Waals surface area contributed by atoms with E-state index in [0.29, 0.717) is 26.2 Å². The van der Waals surface area contributed by atoms with E-state index < -0.39 is 12.8 Å². The number of pyridine rings is 2. The largest absolute Gasteiger partial charge is 0.467 e. The predicted molar refractivity (Wildman–Crippen MR) is 91.2 cm³/mol. The lowest BCUT2D eigenvalue weighted by atomic mass is 10.2. The van der Waals surface area contributed by atoms with Gasteiger partial charge in [-0.05, 0) is 29.8 Å². The summed E-state index contributed by atoms with van der Waals surface area (Å²) in [5, 5.41) is 0. The molecule has 0 aliphatic carbocycles. The summed E-state index contributed by atoms with van der Waals surface area (Å²) in [6.45, 7) is 1.59. The van der Waals surface area contributed by atoms with Crippen LogP contribution in [0.5, 0.6) is 5.88 Å². The van der Waals surface area contributed by atoms with Gasteiger partial charge in [-0.2, -0.15) is 13.2 Å². The van der Waals surface area contributed by atoms with Crippen LogP contribution in [0.3, 0.4) is 0 Å². The Morgan fingerprint density at radius 3 is 2.44 bits per heavy atom. The first-order chi connectivity index (χ1) is 12.9. The standard InChI is InChI=1S/C18H19F3N4O2/c19-18(20,21)13-27-16-15(2-1-5-23-16)17(26)25-10-8-24(9-11-25)12-14-3-6-22-7-4-14/h1-7H,8-13H2. The summed E-state index contributed by atoms with van der Waals surface area (Å²) >= 11 is 0. The molecule has 0 aromatic carbocycles. The predicted octanol–water partition coefficient (Wildman–Crippen LogP) is 2.38. The van der Waals surface area contributed by atoms with E-state index in [0.717, 1.165) is 12.1 Å². The number of piperazine rings is 1. The monoisotopic (exact) mass is 380 g/mol. The van der Waals surface area contributed by atoms with E-state index in [1.165, 1.54) is 18.3 Å². The Labute approximate surface area is 154 Å². The molecule has 3 heterocycles. The van der Waals surface area contributed by atoms with Gasteiger partial charge in [0, 0.05) is 51.3 Å². The fourth-order valence-corrected chi connectivity index (χ4v) is 2.84. The van der Waals surface area contributed by atoms with Gasteiger partial charge in [-0.15, -0.1) is 0 Å². The number of carbonyl (C=O) groups is 1. The quantitative estimate of drug-likeness (QED) is 0.797.